The molecule has 3 heteroatoms. The standard InChI is InChI=1S/C18H22O3/c1-15-7-9-16(10-8-15)18(13-19,14-20)11-12-21-17-5-3-2-4-6-17/h2-10,19-20H,11-14H2,1H3. The molecule has 0 aromatic heterocycles. The molecular weight excluding hydrogens is 264 g/mol. The lowest BCUT2D eigenvalue weighted by molar-refractivity contribution is 0.0951. The van der Waals surface area contributed by atoms with Crippen molar-refractivity contribution in [2.75, 3.05) is 19.8 Å². The molecular formula is C18H22O3. The lowest BCUT2D eigenvalue weighted by Crippen LogP contribution is -2.36. The second-order valence-corrected chi connectivity index (χ2v) is 5.37. The summed E-state index contributed by atoms with van der Waals surface area (Å²) >= 11 is 0. The lowest BCUT2D eigenvalue weighted by atomic mass is 9.79. The number of ether oxygens (including phenoxy) is 1. The molecule has 0 saturated heterocycles. The summed E-state index contributed by atoms with van der Waals surface area (Å²) in [5.74, 6) is 0.797. The van der Waals surface area contributed by atoms with Gasteiger partial charge < -0.3 is 14.9 Å². The minimum absolute atomic E-state index is 0.106. The zero-order valence-corrected chi connectivity index (χ0v) is 12.3. The normalized spacial score (nSPS) is 11.4. The molecule has 0 saturated carbocycles. The fourth-order valence-corrected chi connectivity index (χ4v) is 2.32. The number of hydrogen-bond acceptors (Lipinski definition) is 3. The number of rotatable bonds is 7. The Morgan fingerprint density at radius 1 is 0.905 bits per heavy atom. The van der Waals surface area contributed by atoms with Gasteiger partial charge in [-0.1, -0.05) is 48.0 Å². The molecule has 0 heterocycles. The summed E-state index contributed by atoms with van der Waals surface area (Å²) in [6.07, 6.45) is 0.554. The molecule has 0 radical (unpaired) electrons. The predicted octanol–water partition coefficient (Wildman–Crippen LogP) is 2.69. The van der Waals surface area contributed by atoms with Gasteiger partial charge in [0.1, 0.15) is 5.75 Å². The largest absolute Gasteiger partial charge is 0.494 e. The van der Waals surface area contributed by atoms with Crippen LogP contribution in [0.2, 0.25) is 0 Å². The third kappa shape index (κ3) is 3.84. The fraction of sp³-hybridized carbons (Fsp3) is 0.333. The molecule has 0 atom stereocenters. The van der Waals surface area contributed by atoms with E-state index >= 15 is 0 Å². The number of para-hydroxylation sites is 1. The van der Waals surface area contributed by atoms with Crippen LogP contribution in [0, 0.1) is 6.92 Å². The first kappa shape index (κ1) is 15.5. The van der Waals surface area contributed by atoms with Gasteiger partial charge in [-0.2, -0.15) is 0 Å². The van der Waals surface area contributed by atoms with Crippen LogP contribution in [-0.4, -0.2) is 30.0 Å². The summed E-state index contributed by atoms with van der Waals surface area (Å²) in [4.78, 5) is 0. The van der Waals surface area contributed by atoms with E-state index in [9.17, 15) is 10.2 Å². The van der Waals surface area contributed by atoms with E-state index in [-0.39, 0.29) is 13.2 Å². The second kappa shape index (κ2) is 7.25. The van der Waals surface area contributed by atoms with Crippen molar-refractivity contribution >= 4 is 0 Å². The average molecular weight is 286 g/mol. The molecule has 21 heavy (non-hydrogen) atoms. The van der Waals surface area contributed by atoms with Crippen LogP contribution in [0.5, 0.6) is 5.75 Å². The van der Waals surface area contributed by atoms with Crippen molar-refractivity contribution in [2.45, 2.75) is 18.8 Å². The van der Waals surface area contributed by atoms with Crippen LogP contribution in [-0.2, 0) is 5.41 Å². The number of aliphatic hydroxyl groups is 2. The van der Waals surface area contributed by atoms with Gasteiger partial charge in [-0.25, -0.2) is 0 Å². The van der Waals surface area contributed by atoms with Crippen LogP contribution in [0.3, 0.4) is 0 Å². The van der Waals surface area contributed by atoms with Crippen LogP contribution in [0.1, 0.15) is 17.5 Å². The van der Waals surface area contributed by atoms with Crippen LogP contribution in [0.4, 0.5) is 0 Å². The molecule has 3 nitrogen and oxygen atoms in total. The number of benzene rings is 2. The number of aliphatic hydroxyl groups excluding tert-OH is 2. The quantitative estimate of drug-likeness (QED) is 0.823. The molecule has 2 aromatic carbocycles. The Balaban J connectivity index is 2.06. The third-order valence-electron chi connectivity index (χ3n) is 3.86. The first-order valence-corrected chi connectivity index (χ1v) is 7.17. The van der Waals surface area contributed by atoms with Crippen LogP contribution < -0.4 is 4.74 Å². The molecule has 0 aliphatic rings. The van der Waals surface area contributed by atoms with Gasteiger partial charge in [0.05, 0.1) is 19.8 Å². The molecule has 0 spiro atoms. The molecule has 0 aliphatic heterocycles. The second-order valence-electron chi connectivity index (χ2n) is 5.37. The summed E-state index contributed by atoms with van der Waals surface area (Å²) in [5, 5.41) is 19.6. The molecule has 0 amide bonds. The molecule has 2 aromatic rings. The van der Waals surface area contributed by atoms with Crippen molar-refractivity contribution in [1.29, 1.82) is 0 Å². The first-order chi connectivity index (χ1) is 10.2. The van der Waals surface area contributed by atoms with E-state index in [0.717, 1.165) is 16.9 Å². The first-order valence-electron chi connectivity index (χ1n) is 7.17. The molecule has 0 fully saturated rings. The van der Waals surface area contributed by atoms with Gasteiger partial charge in [-0.15, -0.1) is 0 Å². The van der Waals surface area contributed by atoms with E-state index < -0.39 is 5.41 Å². The summed E-state index contributed by atoms with van der Waals surface area (Å²) in [6, 6.07) is 17.5. The van der Waals surface area contributed by atoms with Crippen molar-refractivity contribution in [3.63, 3.8) is 0 Å². The van der Waals surface area contributed by atoms with Gasteiger partial charge in [-0.05, 0) is 31.0 Å². The van der Waals surface area contributed by atoms with Gasteiger partial charge in [0, 0.05) is 5.41 Å². The Hall–Kier alpha value is -1.84. The van der Waals surface area contributed by atoms with Crippen molar-refractivity contribution < 1.29 is 14.9 Å². The third-order valence-corrected chi connectivity index (χ3v) is 3.86. The average Bonchev–Trinajstić information content (AvgIpc) is 2.54. The Kier molecular flexibility index (Phi) is 5.37. The number of hydrogen-bond donors (Lipinski definition) is 2. The van der Waals surface area contributed by atoms with Gasteiger partial charge in [0.2, 0.25) is 0 Å². The maximum atomic E-state index is 9.78. The molecule has 2 rings (SSSR count). The Bertz CT molecular complexity index is 530. The molecule has 0 unspecified atom stereocenters. The fourth-order valence-electron chi connectivity index (χ4n) is 2.32. The Morgan fingerprint density at radius 3 is 2.10 bits per heavy atom. The van der Waals surface area contributed by atoms with Crippen molar-refractivity contribution in [2.24, 2.45) is 0 Å². The highest BCUT2D eigenvalue weighted by Crippen LogP contribution is 2.28. The maximum absolute atomic E-state index is 9.78. The summed E-state index contributed by atoms with van der Waals surface area (Å²) in [7, 11) is 0. The zero-order chi connectivity index (χ0) is 15.1. The summed E-state index contributed by atoms with van der Waals surface area (Å²) in [5.41, 5.74) is 1.43. The smallest absolute Gasteiger partial charge is 0.119 e. The SMILES string of the molecule is Cc1ccc(C(CO)(CO)CCOc2ccccc2)cc1. The maximum Gasteiger partial charge on any atom is 0.119 e. The van der Waals surface area contributed by atoms with E-state index in [2.05, 4.69) is 0 Å². The van der Waals surface area contributed by atoms with Crippen molar-refractivity contribution in [3.05, 3.63) is 65.7 Å². The topological polar surface area (TPSA) is 49.7 Å². The Labute approximate surface area is 125 Å². The van der Waals surface area contributed by atoms with Gasteiger partial charge in [-0.3, -0.25) is 0 Å². The van der Waals surface area contributed by atoms with E-state index in [0.29, 0.717) is 13.0 Å². The van der Waals surface area contributed by atoms with Crippen LogP contribution >= 0.6 is 0 Å². The molecule has 112 valence electrons. The predicted molar refractivity (Wildman–Crippen MR) is 83.6 cm³/mol. The number of aryl methyl sites for hydroxylation is 1. The minimum Gasteiger partial charge on any atom is -0.494 e. The van der Waals surface area contributed by atoms with Gasteiger partial charge >= 0.3 is 0 Å². The van der Waals surface area contributed by atoms with Crippen molar-refractivity contribution in [3.8, 4) is 5.75 Å². The van der Waals surface area contributed by atoms with E-state index in [1.54, 1.807) is 0 Å². The van der Waals surface area contributed by atoms with Crippen LogP contribution in [0.25, 0.3) is 0 Å². The van der Waals surface area contributed by atoms with Gasteiger partial charge in [0.15, 0.2) is 0 Å². The van der Waals surface area contributed by atoms with Crippen LogP contribution in [0.15, 0.2) is 54.6 Å². The lowest BCUT2D eigenvalue weighted by Gasteiger charge is -2.30. The van der Waals surface area contributed by atoms with E-state index in [1.165, 1.54) is 0 Å². The monoisotopic (exact) mass is 286 g/mol. The van der Waals surface area contributed by atoms with Crippen molar-refractivity contribution in [1.82, 2.24) is 0 Å². The summed E-state index contributed by atoms with van der Waals surface area (Å²) in [6.45, 7) is 2.25. The highest BCUT2D eigenvalue weighted by molar-refractivity contribution is 5.29. The molecule has 2 N–H and O–H groups in total. The molecule has 0 aliphatic carbocycles. The molecule has 0 bridgehead atoms. The van der Waals surface area contributed by atoms with E-state index in [4.69, 9.17) is 4.74 Å². The Morgan fingerprint density at radius 2 is 1.52 bits per heavy atom. The zero-order valence-electron chi connectivity index (χ0n) is 12.3. The highest BCUT2D eigenvalue weighted by Gasteiger charge is 2.31. The van der Waals surface area contributed by atoms with E-state index in [1.807, 2.05) is 61.5 Å². The summed E-state index contributed by atoms with van der Waals surface area (Å²) < 4.78 is 5.69. The van der Waals surface area contributed by atoms with Gasteiger partial charge in [0.25, 0.3) is 0 Å². The highest BCUT2D eigenvalue weighted by atomic mass is 16.5. The minimum atomic E-state index is -0.664.